The van der Waals surface area contributed by atoms with E-state index in [2.05, 4.69) is 42.8 Å². The molecule has 1 unspecified atom stereocenters. The van der Waals surface area contributed by atoms with Crippen molar-refractivity contribution in [3.05, 3.63) is 18.7 Å². The van der Waals surface area contributed by atoms with E-state index in [-0.39, 0.29) is 0 Å². The molecule has 1 aliphatic rings. The first-order valence-electron chi connectivity index (χ1n) is 6.01. The summed E-state index contributed by atoms with van der Waals surface area (Å²) in [6, 6.07) is 0. The fourth-order valence-electron chi connectivity index (χ4n) is 3.32. The van der Waals surface area contributed by atoms with Gasteiger partial charge in [0, 0.05) is 5.41 Å². The summed E-state index contributed by atoms with van der Waals surface area (Å²) in [5.74, 6) is 0. The van der Waals surface area contributed by atoms with E-state index in [1.54, 1.807) is 0 Å². The molecule has 1 fully saturated rings. The first-order chi connectivity index (χ1) is 6.99. The monoisotopic (exact) mass is 207 g/mol. The quantitative estimate of drug-likeness (QED) is 0.719. The second kappa shape index (κ2) is 3.66. The second-order valence-corrected chi connectivity index (χ2v) is 6.29. The van der Waals surface area contributed by atoms with Crippen molar-refractivity contribution in [3.63, 3.8) is 0 Å². The van der Waals surface area contributed by atoms with Gasteiger partial charge in [-0.3, -0.25) is 4.98 Å². The van der Waals surface area contributed by atoms with Gasteiger partial charge in [-0.05, 0) is 24.7 Å². The van der Waals surface area contributed by atoms with Crippen LogP contribution in [0.3, 0.4) is 0 Å². The average molecular weight is 207 g/mol. The van der Waals surface area contributed by atoms with Crippen LogP contribution in [-0.4, -0.2) is 4.98 Å². The minimum absolute atomic E-state index is 0.481. The molecule has 1 atom stereocenters. The zero-order valence-electron chi connectivity index (χ0n) is 10.2. The van der Waals surface area contributed by atoms with Gasteiger partial charge in [0.15, 0.2) is 0 Å². The molecule has 0 radical (unpaired) electrons. The van der Waals surface area contributed by atoms with Gasteiger partial charge in [-0.2, -0.15) is 0 Å². The Labute approximate surface area is 92.7 Å². The van der Waals surface area contributed by atoms with Crippen molar-refractivity contribution in [2.45, 2.75) is 53.0 Å². The summed E-state index contributed by atoms with van der Waals surface area (Å²) >= 11 is 0. The Balaban J connectivity index is 2.06. The van der Waals surface area contributed by atoms with Crippen LogP contribution >= 0.6 is 0 Å². The lowest BCUT2D eigenvalue weighted by Gasteiger charge is -2.41. The number of nitrogens with one attached hydrogen (secondary N) is 1. The Kier molecular flexibility index (Phi) is 2.61. The molecule has 0 aliphatic heterocycles. The Morgan fingerprint density at radius 3 is 2.67 bits per heavy atom. The van der Waals surface area contributed by atoms with Crippen LogP contribution < -0.4 is 4.57 Å². The van der Waals surface area contributed by atoms with Crippen molar-refractivity contribution in [2.75, 3.05) is 0 Å². The van der Waals surface area contributed by atoms with Gasteiger partial charge in [0.1, 0.15) is 12.4 Å². The molecule has 0 amide bonds. The molecular weight excluding hydrogens is 184 g/mol. The molecule has 2 rings (SSSR count). The van der Waals surface area contributed by atoms with E-state index >= 15 is 0 Å². The number of hydrogen-bond donors (Lipinski definition) is 1. The highest BCUT2D eigenvalue weighted by atomic mass is 15.0. The number of imidazole rings is 1. The van der Waals surface area contributed by atoms with Gasteiger partial charge in [-0.15, -0.1) is 0 Å². The second-order valence-electron chi connectivity index (χ2n) is 6.29. The Morgan fingerprint density at radius 2 is 2.07 bits per heavy atom. The minimum atomic E-state index is 0.481. The van der Waals surface area contributed by atoms with E-state index in [9.17, 15) is 0 Å². The number of H-pyrrole nitrogens is 1. The maximum Gasteiger partial charge on any atom is 0.241 e. The Bertz CT molecular complexity index is 313. The van der Waals surface area contributed by atoms with E-state index < -0.39 is 0 Å². The Hall–Kier alpha value is -0.790. The highest BCUT2D eigenvalue weighted by molar-refractivity contribution is 4.85. The van der Waals surface area contributed by atoms with Crippen LogP contribution in [-0.2, 0) is 6.54 Å². The standard InChI is InChI=1S/C13H22N2/c1-12(2)5-4-6-13(3,9-12)10-15-8-7-14-11-15/h7-8,11H,4-6,9-10H2,1-3H3/p+1. The molecule has 84 valence electrons. The molecule has 1 heterocycles. The fraction of sp³-hybridized carbons (Fsp3) is 0.769. The lowest BCUT2D eigenvalue weighted by Crippen LogP contribution is -2.44. The van der Waals surface area contributed by atoms with Gasteiger partial charge in [-0.25, -0.2) is 4.57 Å². The molecule has 1 N–H and O–H groups in total. The summed E-state index contributed by atoms with van der Waals surface area (Å²) in [6.07, 6.45) is 11.7. The van der Waals surface area contributed by atoms with Crippen molar-refractivity contribution in [1.82, 2.24) is 4.98 Å². The van der Waals surface area contributed by atoms with E-state index in [0.717, 1.165) is 6.54 Å². The van der Waals surface area contributed by atoms with Crippen molar-refractivity contribution in [1.29, 1.82) is 0 Å². The Morgan fingerprint density at radius 1 is 1.27 bits per heavy atom. The molecule has 1 aliphatic carbocycles. The summed E-state index contributed by atoms with van der Waals surface area (Å²) in [5, 5.41) is 0. The molecule has 1 saturated carbocycles. The summed E-state index contributed by atoms with van der Waals surface area (Å²) in [7, 11) is 0. The van der Waals surface area contributed by atoms with E-state index in [0.29, 0.717) is 10.8 Å². The van der Waals surface area contributed by atoms with E-state index in [1.165, 1.54) is 25.7 Å². The van der Waals surface area contributed by atoms with Crippen LogP contribution in [0.1, 0.15) is 46.5 Å². The fourth-order valence-corrected chi connectivity index (χ4v) is 3.32. The van der Waals surface area contributed by atoms with Crippen LogP contribution in [0.5, 0.6) is 0 Å². The van der Waals surface area contributed by atoms with Crippen molar-refractivity contribution in [3.8, 4) is 0 Å². The number of aromatic nitrogens is 2. The van der Waals surface area contributed by atoms with Gasteiger partial charge in [0.05, 0.1) is 6.54 Å². The molecule has 0 aromatic carbocycles. The molecule has 0 spiro atoms. The van der Waals surface area contributed by atoms with Gasteiger partial charge in [0.2, 0.25) is 6.33 Å². The van der Waals surface area contributed by atoms with Crippen LogP contribution in [0.15, 0.2) is 18.7 Å². The molecule has 2 nitrogen and oxygen atoms in total. The predicted molar refractivity (Wildman–Crippen MR) is 61.3 cm³/mol. The SMILES string of the molecule is CC1(C)CCCC(C)(C[n+]2cc[nH]c2)C1. The van der Waals surface area contributed by atoms with Gasteiger partial charge >= 0.3 is 0 Å². The highest BCUT2D eigenvalue weighted by Gasteiger charge is 2.37. The van der Waals surface area contributed by atoms with Crippen molar-refractivity contribution >= 4 is 0 Å². The number of nitrogens with zero attached hydrogens (tertiary/aromatic N) is 1. The minimum Gasteiger partial charge on any atom is -0.250 e. The predicted octanol–water partition coefficient (Wildman–Crippen LogP) is 2.91. The number of hydrogen-bond acceptors (Lipinski definition) is 0. The first kappa shape index (κ1) is 10.7. The van der Waals surface area contributed by atoms with Gasteiger partial charge < -0.3 is 0 Å². The van der Waals surface area contributed by atoms with E-state index in [1.807, 2.05) is 6.20 Å². The lowest BCUT2D eigenvalue weighted by atomic mass is 9.64. The van der Waals surface area contributed by atoms with E-state index in [4.69, 9.17) is 0 Å². The van der Waals surface area contributed by atoms with Gasteiger partial charge in [0.25, 0.3) is 0 Å². The van der Waals surface area contributed by atoms with Gasteiger partial charge in [-0.1, -0.05) is 27.2 Å². The maximum absolute atomic E-state index is 3.12. The van der Waals surface area contributed by atoms with Crippen molar-refractivity contribution < 1.29 is 4.57 Å². The molecular formula is C13H23N2+. The molecule has 1 aromatic rings. The third-order valence-corrected chi connectivity index (χ3v) is 3.71. The normalized spacial score (nSPS) is 30.3. The maximum atomic E-state index is 3.12. The molecule has 15 heavy (non-hydrogen) atoms. The molecule has 0 bridgehead atoms. The third kappa shape index (κ3) is 2.61. The third-order valence-electron chi connectivity index (χ3n) is 3.71. The topological polar surface area (TPSA) is 19.7 Å². The van der Waals surface area contributed by atoms with Crippen LogP contribution in [0.25, 0.3) is 0 Å². The lowest BCUT2D eigenvalue weighted by molar-refractivity contribution is -0.709. The first-order valence-corrected chi connectivity index (χ1v) is 6.01. The van der Waals surface area contributed by atoms with Crippen LogP contribution in [0.2, 0.25) is 0 Å². The zero-order chi connectivity index (χ0) is 10.9. The smallest absolute Gasteiger partial charge is 0.241 e. The molecule has 0 saturated heterocycles. The largest absolute Gasteiger partial charge is 0.250 e. The highest BCUT2D eigenvalue weighted by Crippen LogP contribution is 2.45. The molecule has 1 aromatic heterocycles. The molecule has 2 heteroatoms. The van der Waals surface area contributed by atoms with Crippen LogP contribution in [0.4, 0.5) is 0 Å². The average Bonchev–Trinajstić information content (AvgIpc) is 2.52. The summed E-state index contributed by atoms with van der Waals surface area (Å²) in [4.78, 5) is 3.12. The summed E-state index contributed by atoms with van der Waals surface area (Å²) in [5.41, 5.74) is 1.01. The van der Waals surface area contributed by atoms with Crippen molar-refractivity contribution in [2.24, 2.45) is 10.8 Å². The summed E-state index contributed by atoms with van der Waals surface area (Å²) < 4.78 is 2.28. The van der Waals surface area contributed by atoms with Crippen LogP contribution in [0, 0.1) is 10.8 Å². The number of rotatable bonds is 2. The summed E-state index contributed by atoms with van der Waals surface area (Å²) in [6.45, 7) is 8.41. The number of aromatic amines is 1. The zero-order valence-corrected chi connectivity index (χ0v) is 10.2.